The number of hydrogen-bond donors (Lipinski definition) is 1. The Balaban J connectivity index is 1.48. The lowest BCUT2D eigenvalue weighted by molar-refractivity contribution is -0.118. The number of anilines is 1. The number of fused-ring (bicyclic) bond motifs is 3. The molecule has 3 aromatic rings. The summed E-state index contributed by atoms with van der Waals surface area (Å²) < 4.78 is 50.4. The molecule has 0 unspecified atom stereocenters. The summed E-state index contributed by atoms with van der Waals surface area (Å²) in [5.74, 6) is -5.00. The molecule has 0 spiro atoms. The van der Waals surface area contributed by atoms with Gasteiger partial charge in [0.25, 0.3) is 5.91 Å². The zero-order valence-corrected chi connectivity index (χ0v) is 14.5. The summed E-state index contributed by atoms with van der Waals surface area (Å²) >= 11 is 0. The summed E-state index contributed by atoms with van der Waals surface area (Å²) in [7, 11) is 0. The van der Waals surface area contributed by atoms with E-state index in [0.29, 0.717) is 23.6 Å². The van der Waals surface area contributed by atoms with Gasteiger partial charge in [0.15, 0.2) is 24.1 Å². The molecule has 1 heterocycles. The van der Waals surface area contributed by atoms with Gasteiger partial charge in [0.2, 0.25) is 0 Å². The number of benzene rings is 2. The van der Waals surface area contributed by atoms with Gasteiger partial charge in [0.05, 0.1) is 5.69 Å². The fraction of sp³-hybridized carbons (Fsp3) is 0.200. The highest BCUT2D eigenvalue weighted by Crippen LogP contribution is 2.29. The van der Waals surface area contributed by atoms with Gasteiger partial charge in [0.1, 0.15) is 11.3 Å². The average molecular weight is 389 g/mol. The molecule has 2 aromatic carbocycles. The minimum atomic E-state index is -1.67. The van der Waals surface area contributed by atoms with Crippen LogP contribution in [0.15, 0.2) is 39.5 Å². The van der Waals surface area contributed by atoms with Crippen LogP contribution in [0, 0.1) is 17.5 Å². The number of nitrogens with one attached hydrogen (secondary N) is 1. The number of carbonyl (C=O) groups excluding carboxylic acids is 1. The van der Waals surface area contributed by atoms with Crippen molar-refractivity contribution in [2.45, 2.75) is 19.3 Å². The van der Waals surface area contributed by atoms with E-state index in [-0.39, 0.29) is 11.4 Å². The Hall–Kier alpha value is -3.29. The highest BCUT2D eigenvalue weighted by molar-refractivity contribution is 5.92. The van der Waals surface area contributed by atoms with Gasteiger partial charge in [0, 0.05) is 17.0 Å². The summed E-state index contributed by atoms with van der Waals surface area (Å²) in [6.45, 7) is -0.501. The Labute approximate surface area is 156 Å². The zero-order valence-electron chi connectivity index (χ0n) is 14.5. The van der Waals surface area contributed by atoms with E-state index in [1.807, 2.05) is 0 Å². The maximum atomic E-state index is 13.6. The molecule has 0 fully saturated rings. The third-order valence-electron chi connectivity index (χ3n) is 4.62. The molecule has 1 aliphatic rings. The lowest BCUT2D eigenvalue weighted by Crippen LogP contribution is -2.21. The second kappa shape index (κ2) is 7.03. The van der Waals surface area contributed by atoms with Crippen molar-refractivity contribution in [3.63, 3.8) is 0 Å². The third kappa shape index (κ3) is 3.21. The first-order chi connectivity index (χ1) is 13.4. The van der Waals surface area contributed by atoms with Gasteiger partial charge in [-0.3, -0.25) is 4.79 Å². The molecule has 0 aliphatic heterocycles. The van der Waals surface area contributed by atoms with Crippen LogP contribution in [-0.2, 0) is 17.6 Å². The molecule has 5 nitrogen and oxygen atoms in total. The van der Waals surface area contributed by atoms with Gasteiger partial charge < -0.3 is 14.5 Å². The van der Waals surface area contributed by atoms with Crippen LogP contribution in [0.3, 0.4) is 0 Å². The summed E-state index contributed by atoms with van der Waals surface area (Å²) in [5.41, 5.74) is 1.17. The van der Waals surface area contributed by atoms with E-state index in [2.05, 4.69) is 5.32 Å². The Kier molecular flexibility index (Phi) is 4.54. The van der Waals surface area contributed by atoms with Gasteiger partial charge in [-0.05, 0) is 49.1 Å². The van der Waals surface area contributed by atoms with Crippen LogP contribution in [0.5, 0.6) is 5.75 Å². The molecule has 144 valence electrons. The lowest BCUT2D eigenvalue weighted by Gasteiger charge is -2.10. The zero-order chi connectivity index (χ0) is 19.8. The molecule has 1 aliphatic carbocycles. The molecule has 28 heavy (non-hydrogen) atoms. The summed E-state index contributed by atoms with van der Waals surface area (Å²) in [5, 5.41) is 2.94. The lowest BCUT2D eigenvalue weighted by atomic mass is 10.1. The Morgan fingerprint density at radius 2 is 1.86 bits per heavy atom. The number of aryl methyl sites for hydroxylation is 1. The highest BCUT2D eigenvalue weighted by atomic mass is 19.2. The molecule has 1 amide bonds. The first-order valence-electron chi connectivity index (χ1n) is 8.59. The fourth-order valence-corrected chi connectivity index (χ4v) is 3.31. The first kappa shape index (κ1) is 18.1. The van der Waals surface area contributed by atoms with Crippen molar-refractivity contribution in [3.05, 3.63) is 69.3 Å². The second-order valence-electron chi connectivity index (χ2n) is 6.42. The molecule has 1 N–H and O–H groups in total. The highest BCUT2D eigenvalue weighted by Gasteiger charge is 2.20. The number of halogens is 3. The number of ether oxygens (including phenoxy) is 1. The molecule has 4 rings (SSSR count). The topological polar surface area (TPSA) is 68.5 Å². The van der Waals surface area contributed by atoms with E-state index in [9.17, 15) is 22.8 Å². The standard InChI is InChI=1S/C20H14F3NO4/c21-14-6-7-15(19(23)18(14)22)24-17(25)9-27-10-4-5-12-11-2-1-3-13(11)20(26)28-16(12)8-10/h4-8H,1-3,9H2,(H,24,25). The maximum Gasteiger partial charge on any atom is 0.339 e. The van der Waals surface area contributed by atoms with Crippen molar-refractivity contribution in [2.24, 2.45) is 0 Å². The van der Waals surface area contributed by atoms with Crippen LogP contribution in [0.1, 0.15) is 17.5 Å². The van der Waals surface area contributed by atoms with Crippen molar-refractivity contribution >= 4 is 22.6 Å². The van der Waals surface area contributed by atoms with Crippen LogP contribution >= 0.6 is 0 Å². The van der Waals surface area contributed by atoms with Crippen LogP contribution in [0.4, 0.5) is 18.9 Å². The van der Waals surface area contributed by atoms with E-state index >= 15 is 0 Å². The Morgan fingerprint density at radius 1 is 1.07 bits per heavy atom. The van der Waals surface area contributed by atoms with E-state index in [4.69, 9.17) is 9.15 Å². The average Bonchev–Trinajstić information content (AvgIpc) is 3.17. The van der Waals surface area contributed by atoms with Crippen LogP contribution < -0.4 is 15.7 Å². The normalized spacial score (nSPS) is 12.8. The molecule has 0 atom stereocenters. The molecule has 0 radical (unpaired) electrons. The predicted molar refractivity (Wildman–Crippen MR) is 94.9 cm³/mol. The largest absolute Gasteiger partial charge is 0.484 e. The van der Waals surface area contributed by atoms with Crippen molar-refractivity contribution in [3.8, 4) is 5.75 Å². The van der Waals surface area contributed by atoms with E-state index in [1.54, 1.807) is 12.1 Å². The number of rotatable bonds is 4. The van der Waals surface area contributed by atoms with E-state index in [0.717, 1.165) is 29.9 Å². The minimum absolute atomic E-state index is 0.273. The van der Waals surface area contributed by atoms with Crippen molar-refractivity contribution in [1.29, 1.82) is 0 Å². The predicted octanol–water partition coefficient (Wildman–Crippen LogP) is 3.72. The molecular weight excluding hydrogens is 375 g/mol. The van der Waals surface area contributed by atoms with Gasteiger partial charge in [-0.1, -0.05) is 0 Å². The molecule has 0 saturated carbocycles. The monoisotopic (exact) mass is 389 g/mol. The van der Waals surface area contributed by atoms with E-state index in [1.165, 1.54) is 6.07 Å². The quantitative estimate of drug-likeness (QED) is 0.546. The molecular formula is C20H14F3NO4. The van der Waals surface area contributed by atoms with Gasteiger partial charge in [-0.15, -0.1) is 0 Å². The van der Waals surface area contributed by atoms with Crippen LogP contribution in [0.2, 0.25) is 0 Å². The Bertz CT molecular complexity index is 1160. The van der Waals surface area contributed by atoms with Crippen molar-refractivity contribution < 1.29 is 27.1 Å². The molecule has 0 bridgehead atoms. The van der Waals surface area contributed by atoms with Gasteiger partial charge in [-0.2, -0.15) is 0 Å². The summed E-state index contributed by atoms with van der Waals surface area (Å²) in [4.78, 5) is 23.9. The van der Waals surface area contributed by atoms with Gasteiger partial charge in [-0.25, -0.2) is 18.0 Å². The number of amides is 1. The number of hydrogen-bond acceptors (Lipinski definition) is 4. The minimum Gasteiger partial charge on any atom is -0.484 e. The Morgan fingerprint density at radius 3 is 2.68 bits per heavy atom. The molecule has 1 aromatic heterocycles. The number of carbonyl (C=O) groups is 1. The van der Waals surface area contributed by atoms with E-state index < -0.39 is 35.7 Å². The van der Waals surface area contributed by atoms with Crippen LogP contribution in [0.25, 0.3) is 11.0 Å². The maximum absolute atomic E-state index is 13.6. The second-order valence-corrected chi connectivity index (χ2v) is 6.42. The fourth-order valence-electron chi connectivity index (χ4n) is 3.31. The molecule has 8 heteroatoms. The van der Waals surface area contributed by atoms with Crippen LogP contribution in [-0.4, -0.2) is 12.5 Å². The smallest absolute Gasteiger partial charge is 0.339 e. The first-order valence-corrected chi connectivity index (χ1v) is 8.59. The van der Waals surface area contributed by atoms with Crippen molar-refractivity contribution in [1.82, 2.24) is 0 Å². The molecule has 0 saturated heterocycles. The van der Waals surface area contributed by atoms with Gasteiger partial charge >= 0.3 is 5.63 Å². The summed E-state index contributed by atoms with van der Waals surface area (Å²) in [6, 6.07) is 6.51. The SMILES string of the molecule is O=C(COc1ccc2c3c(c(=O)oc2c1)CCC3)Nc1ccc(F)c(F)c1F. The summed E-state index contributed by atoms with van der Waals surface area (Å²) in [6.07, 6.45) is 2.41. The van der Waals surface area contributed by atoms with Crippen molar-refractivity contribution in [2.75, 3.05) is 11.9 Å². The third-order valence-corrected chi connectivity index (χ3v) is 4.62.